The largest absolute Gasteiger partial charge is 0.398 e. The Morgan fingerprint density at radius 3 is 2.67 bits per heavy atom. The predicted molar refractivity (Wildman–Crippen MR) is 94.1 cm³/mol. The van der Waals surface area contributed by atoms with E-state index < -0.39 is 0 Å². The normalized spacial score (nSPS) is 22.4. The minimum absolute atomic E-state index is 0.577. The number of pyridine rings is 1. The van der Waals surface area contributed by atoms with Crippen LogP contribution in [0.5, 0.6) is 0 Å². The van der Waals surface area contributed by atoms with Crippen molar-refractivity contribution in [3.63, 3.8) is 0 Å². The van der Waals surface area contributed by atoms with Crippen molar-refractivity contribution < 1.29 is 0 Å². The Balaban J connectivity index is 1.84. The molecule has 0 amide bonds. The van der Waals surface area contributed by atoms with Gasteiger partial charge < -0.3 is 11.1 Å². The Morgan fingerprint density at radius 1 is 1.19 bits per heavy atom. The maximum atomic E-state index is 6.07. The number of fused-ring (bicyclic) bond motifs is 1. The summed E-state index contributed by atoms with van der Waals surface area (Å²) < 4.78 is 0. The smallest absolute Gasteiger partial charge is 0.0424 e. The van der Waals surface area contributed by atoms with Crippen LogP contribution in [0.25, 0.3) is 10.8 Å². The van der Waals surface area contributed by atoms with Crippen LogP contribution in [-0.4, -0.2) is 22.5 Å². The standard InChI is InChI=1S/C17H23N3S/c1-11-9-14-15(10-19-11)16(18)7-8-17(14)20-12-3-5-13(21-2)6-4-12/h7-10,12-13,20H,3-6,18H2,1-2H3. The lowest BCUT2D eigenvalue weighted by Gasteiger charge is -2.29. The molecule has 1 aromatic heterocycles. The maximum Gasteiger partial charge on any atom is 0.0424 e. The molecule has 3 rings (SSSR count). The first kappa shape index (κ1) is 14.5. The third kappa shape index (κ3) is 3.10. The van der Waals surface area contributed by atoms with Gasteiger partial charge in [-0.25, -0.2) is 0 Å². The van der Waals surface area contributed by atoms with E-state index in [9.17, 15) is 0 Å². The number of thioether (sulfide) groups is 1. The van der Waals surface area contributed by atoms with E-state index in [4.69, 9.17) is 5.73 Å². The highest BCUT2D eigenvalue weighted by molar-refractivity contribution is 7.99. The van der Waals surface area contributed by atoms with Gasteiger partial charge in [-0.15, -0.1) is 0 Å². The molecule has 0 saturated heterocycles. The second kappa shape index (κ2) is 6.14. The van der Waals surface area contributed by atoms with E-state index in [0.29, 0.717) is 6.04 Å². The number of anilines is 2. The van der Waals surface area contributed by atoms with Gasteiger partial charge in [0.25, 0.3) is 0 Å². The molecule has 2 aromatic rings. The maximum absolute atomic E-state index is 6.07. The lowest BCUT2D eigenvalue weighted by atomic mass is 9.94. The number of aromatic nitrogens is 1. The van der Waals surface area contributed by atoms with Gasteiger partial charge in [0.2, 0.25) is 0 Å². The first-order valence-electron chi connectivity index (χ1n) is 7.61. The molecule has 0 bridgehead atoms. The summed E-state index contributed by atoms with van der Waals surface area (Å²) in [5.41, 5.74) is 9.10. The van der Waals surface area contributed by atoms with Crippen LogP contribution >= 0.6 is 11.8 Å². The third-order valence-corrected chi connectivity index (χ3v) is 5.58. The highest BCUT2D eigenvalue weighted by Crippen LogP contribution is 2.32. The molecule has 112 valence electrons. The Bertz CT molecular complexity index is 633. The molecule has 0 unspecified atom stereocenters. The van der Waals surface area contributed by atoms with E-state index in [-0.39, 0.29) is 0 Å². The number of nitrogens with two attached hydrogens (primary N) is 1. The summed E-state index contributed by atoms with van der Waals surface area (Å²) in [6, 6.07) is 6.79. The second-order valence-electron chi connectivity index (χ2n) is 5.93. The zero-order valence-electron chi connectivity index (χ0n) is 12.7. The summed E-state index contributed by atoms with van der Waals surface area (Å²) in [5, 5.41) is 6.81. The van der Waals surface area contributed by atoms with Crippen molar-refractivity contribution in [3.05, 3.63) is 30.1 Å². The van der Waals surface area contributed by atoms with Crippen LogP contribution in [0.2, 0.25) is 0 Å². The number of aryl methyl sites for hydroxylation is 1. The molecule has 1 aliphatic rings. The molecule has 1 aromatic carbocycles. The van der Waals surface area contributed by atoms with Crippen LogP contribution in [-0.2, 0) is 0 Å². The summed E-state index contributed by atoms with van der Waals surface area (Å²) in [5.74, 6) is 0. The molecule has 21 heavy (non-hydrogen) atoms. The molecule has 4 heteroatoms. The molecule has 0 aliphatic heterocycles. The van der Waals surface area contributed by atoms with Crippen molar-refractivity contribution >= 4 is 33.9 Å². The zero-order valence-corrected chi connectivity index (χ0v) is 13.5. The molecule has 0 spiro atoms. The molecule has 3 nitrogen and oxygen atoms in total. The third-order valence-electron chi connectivity index (χ3n) is 4.44. The van der Waals surface area contributed by atoms with Gasteiger partial charge >= 0.3 is 0 Å². The number of benzene rings is 1. The van der Waals surface area contributed by atoms with Crippen molar-refractivity contribution in [2.45, 2.75) is 43.9 Å². The first-order valence-corrected chi connectivity index (χ1v) is 8.90. The predicted octanol–water partition coefficient (Wildman–Crippen LogP) is 4.21. The number of nitrogens with zero attached hydrogens (tertiary/aromatic N) is 1. The highest BCUT2D eigenvalue weighted by atomic mass is 32.2. The molecular formula is C17H23N3S. The van der Waals surface area contributed by atoms with Gasteiger partial charge in [0, 0.05) is 45.3 Å². The topological polar surface area (TPSA) is 50.9 Å². The van der Waals surface area contributed by atoms with Crippen LogP contribution in [0.1, 0.15) is 31.4 Å². The van der Waals surface area contributed by atoms with Crippen LogP contribution in [0, 0.1) is 6.92 Å². The van der Waals surface area contributed by atoms with E-state index in [1.807, 2.05) is 30.9 Å². The van der Waals surface area contributed by atoms with Gasteiger partial charge in [0.1, 0.15) is 0 Å². The monoisotopic (exact) mass is 301 g/mol. The Morgan fingerprint density at radius 2 is 1.95 bits per heavy atom. The molecular weight excluding hydrogens is 278 g/mol. The molecule has 1 aliphatic carbocycles. The lowest BCUT2D eigenvalue weighted by molar-refractivity contribution is 0.473. The summed E-state index contributed by atoms with van der Waals surface area (Å²) in [7, 11) is 0. The number of nitrogen functional groups attached to an aromatic ring is 1. The fraction of sp³-hybridized carbons (Fsp3) is 0.471. The number of rotatable bonds is 3. The van der Waals surface area contributed by atoms with Gasteiger partial charge in [0.15, 0.2) is 0 Å². The van der Waals surface area contributed by atoms with Crippen molar-refractivity contribution in [2.75, 3.05) is 17.3 Å². The Labute approximate surface area is 130 Å². The van der Waals surface area contributed by atoms with Gasteiger partial charge in [0.05, 0.1) is 0 Å². The molecule has 3 N–H and O–H groups in total. The Hall–Kier alpha value is -1.42. The molecule has 1 heterocycles. The fourth-order valence-electron chi connectivity index (χ4n) is 3.15. The van der Waals surface area contributed by atoms with E-state index in [1.54, 1.807) is 0 Å². The lowest BCUT2D eigenvalue weighted by Crippen LogP contribution is -2.27. The van der Waals surface area contributed by atoms with E-state index in [0.717, 1.165) is 22.0 Å². The first-order chi connectivity index (χ1) is 10.2. The summed E-state index contributed by atoms with van der Waals surface area (Å²) in [6.45, 7) is 2.02. The van der Waals surface area contributed by atoms with Crippen LogP contribution < -0.4 is 11.1 Å². The van der Waals surface area contributed by atoms with Crippen molar-refractivity contribution in [2.24, 2.45) is 0 Å². The summed E-state index contributed by atoms with van der Waals surface area (Å²) in [4.78, 5) is 4.37. The molecule has 0 radical (unpaired) electrons. The van der Waals surface area contributed by atoms with Crippen LogP contribution in [0.15, 0.2) is 24.4 Å². The minimum Gasteiger partial charge on any atom is -0.398 e. The number of hydrogen-bond donors (Lipinski definition) is 2. The quantitative estimate of drug-likeness (QED) is 0.834. The number of hydrogen-bond acceptors (Lipinski definition) is 4. The minimum atomic E-state index is 0.577. The van der Waals surface area contributed by atoms with Crippen LogP contribution in [0.3, 0.4) is 0 Å². The average Bonchev–Trinajstić information content (AvgIpc) is 2.51. The molecule has 1 saturated carbocycles. The van der Waals surface area contributed by atoms with Gasteiger partial charge in [-0.2, -0.15) is 11.8 Å². The molecule has 1 fully saturated rings. The summed E-state index contributed by atoms with van der Waals surface area (Å²) in [6.07, 6.45) is 9.24. The van der Waals surface area contributed by atoms with E-state index in [2.05, 4.69) is 28.7 Å². The highest BCUT2D eigenvalue weighted by Gasteiger charge is 2.20. The van der Waals surface area contributed by atoms with Gasteiger partial charge in [-0.05, 0) is 57.1 Å². The second-order valence-corrected chi connectivity index (χ2v) is 7.07. The Kier molecular flexibility index (Phi) is 4.24. The SMILES string of the molecule is CSC1CCC(Nc2ccc(N)c3cnc(C)cc23)CC1. The van der Waals surface area contributed by atoms with Crippen molar-refractivity contribution in [1.29, 1.82) is 0 Å². The van der Waals surface area contributed by atoms with Crippen molar-refractivity contribution in [1.82, 2.24) is 4.98 Å². The van der Waals surface area contributed by atoms with Crippen LogP contribution in [0.4, 0.5) is 11.4 Å². The van der Waals surface area contributed by atoms with Crippen molar-refractivity contribution in [3.8, 4) is 0 Å². The fourth-order valence-corrected chi connectivity index (χ4v) is 3.90. The average molecular weight is 301 g/mol. The number of nitrogens with one attached hydrogen (secondary N) is 1. The zero-order chi connectivity index (χ0) is 14.8. The molecule has 0 atom stereocenters. The van der Waals surface area contributed by atoms with Gasteiger partial charge in [-0.1, -0.05) is 0 Å². The summed E-state index contributed by atoms with van der Waals surface area (Å²) >= 11 is 2.01. The van der Waals surface area contributed by atoms with Gasteiger partial charge in [-0.3, -0.25) is 4.98 Å². The van der Waals surface area contributed by atoms with E-state index in [1.165, 1.54) is 36.8 Å². The van der Waals surface area contributed by atoms with E-state index >= 15 is 0 Å².